The average molecular weight is 483 g/mol. The van der Waals surface area contributed by atoms with Crippen molar-refractivity contribution in [3.05, 3.63) is 114 Å². The molecule has 180 valence electrons. The minimum atomic E-state index is -0.540. The van der Waals surface area contributed by atoms with Crippen LogP contribution in [0.25, 0.3) is 0 Å². The van der Waals surface area contributed by atoms with E-state index in [0.717, 1.165) is 0 Å². The number of furan rings is 1. The van der Waals surface area contributed by atoms with Gasteiger partial charge in [0.2, 0.25) is 0 Å². The van der Waals surface area contributed by atoms with E-state index in [1.165, 1.54) is 12.5 Å². The third-order valence-corrected chi connectivity index (χ3v) is 4.97. The summed E-state index contributed by atoms with van der Waals surface area (Å²) >= 11 is 0. The van der Waals surface area contributed by atoms with Crippen molar-refractivity contribution < 1.29 is 28.3 Å². The fourth-order valence-electron chi connectivity index (χ4n) is 3.10. The summed E-state index contributed by atoms with van der Waals surface area (Å²) in [5, 5.41) is 6.64. The second-order valence-electron chi connectivity index (χ2n) is 7.36. The zero-order valence-corrected chi connectivity index (χ0v) is 19.1. The standard InChI is InChI=1S/C27H21N3O6/c1-34-22-14-10-19(11-15-22)27(33)36-23-6-3-2-5-20(23)17-28-30-25(31)18-8-12-21(13-9-18)29-26(32)24-7-4-16-35-24/h2-17H,1H3,(H,29,32)(H,30,31)/b28-17-. The molecule has 4 rings (SSSR count). The minimum Gasteiger partial charge on any atom is -0.497 e. The first kappa shape index (κ1) is 24.0. The van der Waals surface area contributed by atoms with Gasteiger partial charge in [0.25, 0.3) is 11.8 Å². The molecule has 9 nitrogen and oxygen atoms in total. The number of ether oxygens (including phenoxy) is 2. The highest BCUT2D eigenvalue weighted by molar-refractivity contribution is 6.02. The van der Waals surface area contributed by atoms with Gasteiger partial charge in [-0.1, -0.05) is 12.1 Å². The molecule has 0 aliphatic carbocycles. The number of anilines is 1. The lowest BCUT2D eigenvalue weighted by Gasteiger charge is -2.08. The molecule has 1 aromatic heterocycles. The van der Waals surface area contributed by atoms with E-state index in [2.05, 4.69) is 15.8 Å². The Kier molecular flexibility index (Phi) is 7.52. The van der Waals surface area contributed by atoms with Gasteiger partial charge in [0.15, 0.2) is 5.76 Å². The molecule has 0 aliphatic rings. The molecule has 2 N–H and O–H groups in total. The monoisotopic (exact) mass is 483 g/mol. The number of carbonyl (C=O) groups excluding carboxylic acids is 3. The molecular weight excluding hydrogens is 462 g/mol. The summed E-state index contributed by atoms with van der Waals surface area (Å²) < 4.78 is 15.6. The van der Waals surface area contributed by atoms with Crippen LogP contribution in [0.2, 0.25) is 0 Å². The molecular formula is C27H21N3O6. The van der Waals surface area contributed by atoms with Gasteiger partial charge >= 0.3 is 5.97 Å². The van der Waals surface area contributed by atoms with E-state index in [4.69, 9.17) is 13.9 Å². The summed E-state index contributed by atoms with van der Waals surface area (Å²) in [5.74, 6) is -0.296. The molecule has 4 aromatic rings. The van der Waals surface area contributed by atoms with Crippen molar-refractivity contribution in [1.29, 1.82) is 0 Å². The predicted octanol–water partition coefficient (Wildman–Crippen LogP) is 4.52. The van der Waals surface area contributed by atoms with Crippen LogP contribution >= 0.6 is 0 Å². The van der Waals surface area contributed by atoms with Gasteiger partial charge in [0, 0.05) is 16.8 Å². The Morgan fingerprint density at radius 3 is 2.25 bits per heavy atom. The normalized spacial score (nSPS) is 10.6. The van der Waals surface area contributed by atoms with E-state index in [0.29, 0.717) is 28.1 Å². The molecule has 2 amide bonds. The number of nitrogens with one attached hydrogen (secondary N) is 2. The summed E-state index contributed by atoms with van der Waals surface area (Å²) in [7, 11) is 1.54. The topological polar surface area (TPSA) is 119 Å². The fourth-order valence-corrected chi connectivity index (χ4v) is 3.10. The molecule has 0 spiro atoms. The fraction of sp³-hybridized carbons (Fsp3) is 0.0370. The Hall–Kier alpha value is -5.18. The van der Waals surface area contributed by atoms with Crippen molar-refractivity contribution >= 4 is 29.7 Å². The number of methoxy groups -OCH3 is 1. The first-order valence-corrected chi connectivity index (χ1v) is 10.8. The van der Waals surface area contributed by atoms with Crippen molar-refractivity contribution in [2.75, 3.05) is 12.4 Å². The van der Waals surface area contributed by atoms with Crippen LogP contribution in [0.1, 0.15) is 36.8 Å². The van der Waals surface area contributed by atoms with E-state index >= 15 is 0 Å². The van der Waals surface area contributed by atoms with Crippen molar-refractivity contribution in [3.63, 3.8) is 0 Å². The van der Waals surface area contributed by atoms with Crippen molar-refractivity contribution in [2.45, 2.75) is 0 Å². The first-order chi connectivity index (χ1) is 17.5. The van der Waals surface area contributed by atoms with Crippen LogP contribution in [0.3, 0.4) is 0 Å². The van der Waals surface area contributed by atoms with Gasteiger partial charge in [-0.05, 0) is 72.8 Å². The molecule has 0 fully saturated rings. The maximum atomic E-state index is 12.5. The Labute approximate surface area is 206 Å². The summed E-state index contributed by atoms with van der Waals surface area (Å²) in [6.07, 6.45) is 2.79. The quantitative estimate of drug-likeness (QED) is 0.165. The van der Waals surface area contributed by atoms with E-state index < -0.39 is 17.8 Å². The number of carbonyl (C=O) groups is 3. The van der Waals surface area contributed by atoms with Gasteiger partial charge < -0.3 is 19.2 Å². The van der Waals surface area contributed by atoms with Crippen LogP contribution in [0.15, 0.2) is 101 Å². The summed E-state index contributed by atoms with van der Waals surface area (Å²) in [6, 6.07) is 22.8. The zero-order valence-electron chi connectivity index (χ0n) is 19.1. The second kappa shape index (κ2) is 11.3. The number of hydrogen-bond acceptors (Lipinski definition) is 7. The van der Waals surface area contributed by atoms with Gasteiger partial charge in [-0.3, -0.25) is 9.59 Å². The summed E-state index contributed by atoms with van der Waals surface area (Å²) in [4.78, 5) is 36.9. The number of nitrogens with zero attached hydrogens (tertiary/aromatic N) is 1. The number of amides is 2. The highest BCUT2D eigenvalue weighted by Gasteiger charge is 2.12. The Morgan fingerprint density at radius 1 is 0.833 bits per heavy atom. The maximum Gasteiger partial charge on any atom is 0.343 e. The minimum absolute atomic E-state index is 0.182. The molecule has 0 bridgehead atoms. The largest absolute Gasteiger partial charge is 0.497 e. The first-order valence-electron chi connectivity index (χ1n) is 10.8. The van der Waals surface area contributed by atoms with Crippen LogP contribution < -0.4 is 20.2 Å². The predicted molar refractivity (Wildman–Crippen MR) is 133 cm³/mol. The second-order valence-corrected chi connectivity index (χ2v) is 7.36. The van der Waals surface area contributed by atoms with Crippen LogP contribution in [0.4, 0.5) is 5.69 Å². The molecule has 3 aromatic carbocycles. The third-order valence-electron chi connectivity index (χ3n) is 4.97. The maximum absolute atomic E-state index is 12.5. The molecule has 0 saturated heterocycles. The molecule has 0 atom stereocenters. The molecule has 0 unspecified atom stereocenters. The lowest BCUT2D eigenvalue weighted by Crippen LogP contribution is -2.18. The van der Waals surface area contributed by atoms with Gasteiger partial charge in [0.05, 0.1) is 25.2 Å². The summed E-state index contributed by atoms with van der Waals surface area (Å²) in [5.41, 5.74) is 4.12. The summed E-state index contributed by atoms with van der Waals surface area (Å²) in [6.45, 7) is 0. The highest BCUT2D eigenvalue weighted by Crippen LogP contribution is 2.19. The van der Waals surface area contributed by atoms with Crippen LogP contribution in [-0.4, -0.2) is 31.1 Å². The van der Waals surface area contributed by atoms with E-state index in [9.17, 15) is 14.4 Å². The van der Waals surface area contributed by atoms with Crippen molar-refractivity contribution in [2.24, 2.45) is 5.10 Å². The SMILES string of the molecule is COc1ccc(C(=O)Oc2ccccc2/C=N\NC(=O)c2ccc(NC(=O)c3ccco3)cc2)cc1. The van der Waals surface area contributed by atoms with Crippen molar-refractivity contribution in [1.82, 2.24) is 5.43 Å². The molecule has 1 heterocycles. The molecule has 0 saturated carbocycles. The Bertz CT molecular complexity index is 1380. The van der Waals surface area contributed by atoms with Crippen LogP contribution in [-0.2, 0) is 0 Å². The Morgan fingerprint density at radius 2 is 1.56 bits per heavy atom. The average Bonchev–Trinajstić information content (AvgIpc) is 3.45. The highest BCUT2D eigenvalue weighted by atomic mass is 16.5. The molecule has 9 heteroatoms. The van der Waals surface area contributed by atoms with Gasteiger partial charge in [-0.2, -0.15) is 5.10 Å². The van der Waals surface area contributed by atoms with Crippen molar-refractivity contribution in [3.8, 4) is 11.5 Å². The molecule has 0 radical (unpaired) electrons. The number of para-hydroxylation sites is 1. The lowest BCUT2D eigenvalue weighted by molar-refractivity contribution is 0.0733. The lowest BCUT2D eigenvalue weighted by atomic mass is 10.2. The smallest absolute Gasteiger partial charge is 0.343 e. The van der Waals surface area contributed by atoms with Gasteiger partial charge in [0.1, 0.15) is 11.5 Å². The van der Waals surface area contributed by atoms with E-state index in [1.807, 2.05) is 0 Å². The molecule has 36 heavy (non-hydrogen) atoms. The van der Waals surface area contributed by atoms with Crippen LogP contribution in [0.5, 0.6) is 11.5 Å². The Balaban J connectivity index is 1.35. The number of hydrogen-bond donors (Lipinski definition) is 2. The van der Waals surface area contributed by atoms with Gasteiger partial charge in [-0.15, -0.1) is 0 Å². The number of esters is 1. The van der Waals surface area contributed by atoms with E-state index in [-0.39, 0.29) is 11.5 Å². The van der Waals surface area contributed by atoms with Crippen LogP contribution in [0, 0.1) is 0 Å². The van der Waals surface area contributed by atoms with Gasteiger partial charge in [-0.25, -0.2) is 10.2 Å². The van der Waals surface area contributed by atoms with E-state index in [1.54, 1.807) is 92.0 Å². The number of rotatable bonds is 8. The number of benzene rings is 3. The third kappa shape index (κ3) is 6.03. The molecule has 0 aliphatic heterocycles. The number of hydrazone groups is 1. The zero-order chi connectivity index (χ0) is 25.3.